The second-order valence-electron chi connectivity index (χ2n) is 6.90. The molecule has 2 aromatic rings. The standard InChI is InChI=1S/C21H25NO4/c1-15-6-12-19(26-15)18-5-3-2-4-14-22(18)20(23)13-9-16-7-10-17(11-8-16)21(24)25/h6-8,10-12,18H,2-5,9,13-14H2,1H3,(H,24,25). The highest BCUT2D eigenvalue weighted by Crippen LogP contribution is 2.31. The number of carbonyl (C=O) groups is 2. The van der Waals surface area contributed by atoms with Crippen molar-refractivity contribution in [1.29, 1.82) is 0 Å². The quantitative estimate of drug-likeness (QED) is 0.865. The monoisotopic (exact) mass is 355 g/mol. The minimum Gasteiger partial charge on any atom is -0.478 e. The van der Waals surface area contributed by atoms with Crippen LogP contribution < -0.4 is 0 Å². The van der Waals surface area contributed by atoms with Crippen LogP contribution in [0.25, 0.3) is 0 Å². The van der Waals surface area contributed by atoms with E-state index < -0.39 is 5.97 Å². The van der Waals surface area contributed by atoms with E-state index in [1.165, 1.54) is 0 Å². The average molecular weight is 355 g/mol. The zero-order chi connectivity index (χ0) is 18.5. The molecule has 138 valence electrons. The van der Waals surface area contributed by atoms with Crippen LogP contribution in [0, 0.1) is 6.92 Å². The number of amides is 1. The van der Waals surface area contributed by atoms with E-state index in [1.54, 1.807) is 24.3 Å². The molecule has 1 saturated heterocycles. The number of furan rings is 1. The van der Waals surface area contributed by atoms with Crippen LogP contribution in [0.4, 0.5) is 0 Å². The summed E-state index contributed by atoms with van der Waals surface area (Å²) in [6.45, 7) is 2.69. The van der Waals surface area contributed by atoms with E-state index in [0.29, 0.717) is 12.8 Å². The predicted octanol–water partition coefficient (Wildman–Crippen LogP) is 4.36. The van der Waals surface area contributed by atoms with Crippen LogP contribution in [-0.4, -0.2) is 28.4 Å². The van der Waals surface area contributed by atoms with Gasteiger partial charge in [-0.2, -0.15) is 0 Å². The van der Waals surface area contributed by atoms with Crippen LogP contribution in [0.15, 0.2) is 40.8 Å². The number of benzene rings is 1. The molecule has 1 N–H and O–H groups in total. The van der Waals surface area contributed by atoms with Gasteiger partial charge >= 0.3 is 5.97 Å². The first kappa shape index (κ1) is 18.2. The number of hydrogen-bond donors (Lipinski definition) is 1. The molecule has 0 aliphatic carbocycles. The van der Waals surface area contributed by atoms with E-state index in [9.17, 15) is 9.59 Å². The molecule has 2 heterocycles. The van der Waals surface area contributed by atoms with E-state index in [1.807, 2.05) is 24.0 Å². The minimum absolute atomic E-state index is 0.0214. The number of likely N-dealkylation sites (tertiary alicyclic amines) is 1. The van der Waals surface area contributed by atoms with Crippen LogP contribution in [-0.2, 0) is 11.2 Å². The van der Waals surface area contributed by atoms with Gasteiger partial charge in [0.05, 0.1) is 11.6 Å². The van der Waals surface area contributed by atoms with Gasteiger partial charge in [-0.05, 0) is 56.0 Å². The van der Waals surface area contributed by atoms with E-state index in [2.05, 4.69) is 0 Å². The zero-order valence-corrected chi connectivity index (χ0v) is 15.1. The number of nitrogens with zero attached hydrogens (tertiary/aromatic N) is 1. The molecular weight excluding hydrogens is 330 g/mol. The predicted molar refractivity (Wildman–Crippen MR) is 98.1 cm³/mol. The SMILES string of the molecule is Cc1ccc(C2CCCCCN2C(=O)CCc2ccc(C(=O)O)cc2)o1. The summed E-state index contributed by atoms with van der Waals surface area (Å²) in [6, 6.07) is 10.7. The summed E-state index contributed by atoms with van der Waals surface area (Å²) in [6.07, 6.45) is 5.23. The molecule has 1 aliphatic heterocycles. The number of aromatic carboxylic acids is 1. The van der Waals surface area contributed by atoms with Crippen LogP contribution in [0.5, 0.6) is 0 Å². The lowest BCUT2D eigenvalue weighted by molar-refractivity contribution is -0.134. The highest BCUT2D eigenvalue weighted by molar-refractivity contribution is 5.87. The molecule has 1 unspecified atom stereocenters. The average Bonchev–Trinajstić information content (AvgIpc) is 2.92. The van der Waals surface area contributed by atoms with E-state index in [4.69, 9.17) is 9.52 Å². The fraction of sp³-hybridized carbons (Fsp3) is 0.429. The normalized spacial score (nSPS) is 17.7. The van der Waals surface area contributed by atoms with Gasteiger partial charge in [-0.1, -0.05) is 25.0 Å². The van der Waals surface area contributed by atoms with Crippen LogP contribution in [0.3, 0.4) is 0 Å². The van der Waals surface area contributed by atoms with Gasteiger partial charge in [0, 0.05) is 13.0 Å². The Morgan fingerprint density at radius 2 is 1.88 bits per heavy atom. The van der Waals surface area contributed by atoms with Gasteiger partial charge in [-0.15, -0.1) is 0 Å². The van der Waals surface area contributed by atoms with E-state index in [-0.39, 0.29) is 17.5 Å². The maximum Gasteiger partial charge on any atom is 0.335 e. The van der Waals surface area contributed by atoms with Gasteiger partial charge in [-0.25, -0.2) is 4.79 Å². The van der Waals surface area contributed by atoms with Crippen molar-refractivity contribution in [3.8, 4) is 0 Å². The van der Waals surface area contributed by atoms with Gasteiger partial charge in [0.25, 0.3) is 0 Å². The molecule has 0 spiro atoms. The number of carboxylic acids is 1. The Morgan fingerprint density at radius 3 is 2.54 bits per heavy atom. The Balaban J connectivity index is 1.66. The number of carboxylic acid groups (broad SMARTS) is 1. The third-order valence-electron chi connectivity index (χ3n) is 4.99. The van der Waals surface area contributed by atoms with Crippen LogP contribution in [0.1, 0.15) is 65.6 Å². The van der Waals surface area contributed by atoms with Crippen molar-refractivity contribution in [1.82, 2.24) is 4.90 Å². The Bertz CT molecular complexity index is 763. The highest BCUT2D eigenvalue weighted by Gasteiger charge is 2.28. The second-order valence-corrected chi connectivity index (χ2v) is 6.90. The third kappa shape index (κ3) is 4.34. The summed E-state index contributed by atoms with van der Waals surface area (Å²) >= 11 is 0. The molecule has 1 atom stereocenters. The largest absolute Gasteiger partial charge is 0.478 e. The lowest BCUT2D eigenvalue weighted by atomic mass is 10.0. The lowest BCUT2D eigenvalue weighted by Gasteiger charge is -2.29. The van der Waals surface area contributed by atoms with Gasteiger partial charge in [0.2, 0.25) is 5.91 Å². The maximum atomic E-state index is 12.9. The van der Waals surface area contributed by atoms with Gasteiger partial charge in [0.1, 0.15) is 11.5 Å². The van der Waals surface area contributed by atoms with E-state index in [0.717, 1.165) is 49.3 Å². The summed E-state index contributed by atoms with van der Waals surface area (Å²) < 4.78 is 5.81. The van der Waals surface area contributed by atoms with Gasteiger partial charge < -0.3 is 14.4 Å². The number of carbonyl (C=O) groups excluding carboxylic acids is 1. The minimum atomic E-state index is -0.936. The number of hydrogen-bond acceptors (Lipinski definition) is 3. The number of aryl methyl sites for hydroxylation is 2. The molecule has 0 saturated carbocycles. The van der Waals surface area contributed by atoms with Crippen LogP contribution >= 0.6 is 0 Å². The molecule has 1 aliphatic rings. The van der Waals surface area contributed by atoms with Crippen molar-refractivity contribution in [3.05, 3.63) is 59.0 Å². The first-order valence-corrected chi connectivity index (χ1v) is 9.22. The first-order chi connectivity index (χ1) is 12.5. The fourth-order valence-electron chi connectivity index (χ4n) is 3.54. The Labute approximate surface area is 153 Å². The highest BCUT2D eigenvalue weighted by atomic mass is 16.4. The zero-order valence-electron chi connectivity index (χ0n) is 15.1. The molecule has 1 amide bonds. The molecular formula is C21H25NO4. The smallest absolute Gasteiger partial charge is 0.335 e. The van der Waals surface area contributed by atoms with Gasteiger partial charge in [0.15, 0.2) is 0 Å². The molecule has 1 aromatic carbocycles. The first-order valence-electron chi connectivity index (χ1n) is 9.22. The molecule has 5 nitrogen and oxygen atoms in total. The van der Waals surface area contributed by atoms with Crippen molar-refractivity contribution < 1.29 is 19.1 Å². The third-order valence-corrected chi connectivity index (χ3v) is 4.99. The summed E-state index contributed by atoms with van der Waals surface area (Å²) in [7, 11) is 0. The van der Waals surface area contributed by atoms with E-state index >= 15 is 0 Å². The van der Waals surface area contributed by atoms with Crippen molar-refractivity contribution in [3.63, 3.8) is 0 Å². The summed E-state index contributed by atoms with van der Waals surface area (Å²) in [5, 5.41) is 8.96. The Hall–Kier alpha value is -2.56. The van der Waals surface area contributed by atoms with Gasteiger partial charge in [-0.3, -0.25) is 4.79 Å². The van der Waals surface area contributed by atoms with Crippen molar-refractivity contribution in [2.24, 2.45) is 0 Å². The fourth-order valence-corrected chi connectivity index (χ4v) is 3.54. The molecule has 26 heavy (non-hydrogen) atoms. The summed E-state index contributed by atoms with van der Waals surface area (Å²) in [5.41, 5.74) is 1.24. The molecule has 1 fully saturated rings. The summed E-state index contributed by atoms with van der Waals surface area (Å²) in [4.78, 5) is 25.8. The molecule has 0 bridgehead atoms. The Kier molecular flexibility index (Phi) is 5.76. The topological polar surface area (TPSA) is 70.8 Å². The molecule has 0 radical (unpaired) electrons. The molecule has 1 aromatic heterocycles. The lowest BCUT2D eigenvalue weighted by Crippen LogP contribution is -2.34. The second kappa shape index (κ2) is 8.21. The molecule has 5 heteroatoms. The molecule has 3 rings (SSSR count). The maximum absolute atomic E-state index is 12.9. The van der Waals surface area contributed by atoms with Crippen molar-refractivity contribution in [2.45, 2.75) is 51.5 Å². The van der Waals surface area contributed by atoms with Crippen molar-refractivity contribution >= 4 is 11.9 Å². The Morgan fingerprint density at radius 1 is 1.12 bits per heavy atom. The van der Waals surface area contributed by atoms with Crippen molar-refractivity contribution in [2.75, 3.05) is 6.54 Å². The number of rotatable bonds is 5. The van der Waals surface area contributed by atoms with Crippen LogP contribution in [0.2, 0.25) is 0 Å². The summed E-state index contributed by atoms with van der Waals surface area (Å²) in [5.74, 6) is 0.945.